The molecule has 0 bridgehead atoms. The topological polar surface area (TPSA) is 34.9 Å². The number of rotatable bonds is 2. The van der Waals surface area contributed by atoms with Crippen LogP contribution in [0.2, 0.25) is 10.2 Å². The van der Waals surface area contributed by atoms with Crippen LogP contribution in [0, 0.1) is 0 Å². The van der Waals surface area contributed by atoms with Gasteiger partial charge < -0.3 is 4.57 Å². The summed E-state index contributed by atoms with van der Waals surface area (Å²) in [6.07, 6.45) is 0. The molecule has 0 aliphatic heterocycles. The van der Waals surface area contributed by atoms with Gasteiger partial charge in [0.1, 0.15) is 5.15 Å². The molecule has 0 fully saturated rings. The predicted molar refractivity (Wildman–Crippen MR) is 81.6 cm³/mol. The predicted octanol–water partition coefficient (Wildman–Crippen LogP) is 3.75. The molecule has 3 nitrogen and oxygen atoms in total. The number of fused-ring (bicyclic) bond motifs is 1. The van der Waals surface area contributed by atoms with E-state index in [1.54, 1.807) is 28.8 Å². The first kappa shape index (κ1) is 13.2. The van der Waals surface area contributed by atoms with Crippen molar-refractivity contribution in [1.29, 1.82) is 0 Å². The Morgan fingerprint density at radius 3 is 2.65 bits per heavy atom. The number of hydrogen-bond donors (Lipinski definition) is 0. The van der Waals surface area contributed by atoms with Crippen molar-refractivity contribution in [2.75, 3.05) is 0 Å². The smallest absolute Gasteiger partial charge is 0.251 e. The summed E-state index contributed by atoms with van der Waals surface area (Å²) in [6.45, 7) is 0.291. The van der Waals surface area contributed by atoms with Gasteiger partial charge in [0, 0.05) is 6.07 Å². The molecule has 3 aromatic rings. The van der Waals surface area contributed by atoms with Gasteiger partial charge in [0.15, 0.2) is 0 Å². The van der Waals surface area contributed by atoms with Crippen LogP contribution in [0.1, 0.15) is 5.69 Å². The lowest BCUT2D eigenvalue weighted by atomic mass is 10.2. The average molecular weight is 305 g/mol. The van der Waals surface area contributed by atoms with Gasteiger partial charge in [-0.15, -0.1) is 0 Å². The van der Waals surface area contributed by atoms with E-state index in [1.807, 2.05) is 24.3 Å². The second-order valence-corrected chi connectivity index (χ2v) is 5.17. The average Bonchev–Trinajstić information content (AvgIpc) is 2.46. The maximum Gasteiger partial charge on any atom is 0.251 e. The maximum absolute atomic E-state index is 12.1. The van der Waals surface area contributed by atoms with E-state index in [0.29, 0.717) is 22.4 Å². The highest BCUT2D eigenvalue weighted by Crippen LogP contribution is 2.19. The summed E-state index contributed by atoms with van der Waals surface area (Å²) < 4.78 is 1.64. The lowest BCUT2D eigenvalue weighted by Gasteiger charge is -2.10. The second kappa shape index (κ2) is 5.27. The third kappa shape index (κ3) is 2.42. The minimum Gasteiger partial charge on any atom is -0.302 e. The van der Waals surface area contributed by atoms with Crippen molar-refractivity contribution in [2.24, 2.45) is 0 Å². The lowest BCUT2D eigenvalue weighted by molar-refractivity contribution is 0.771. The number of nitrogens with zero attached hydrogens (tertiary/aromatic N) is 2. The summed E-state index contributed by atoms with van der Waals surface area (Å²) in [7, 11) is 0. The van der Waals surface area contributed by atoms with Crippen LogP contribution < -0.4 is 5.56 Å². The van der Waals surface area contributed by atoms with Crippen molar-refractivity contribution in [3.8, 4) is 0 Å². The highest BCUT2D eigenvalue weighted by Gasteiger charge is 2.08. The summed E-state index contributed by atoms with van der Waals surface area (Å²) in [5, 5.41) is 1.84. The van der Waals surface area contributed by atoms with E-state index in [-0.39, 0.29) is 5.56 Å². The van der Waals surface area contributed by atoms with Gasteiger partial charge in [-0.25, -0.2) is 4.98 Å². The van der Waals surface area contributed by atoms with Crippen LogP contribution in [0.15, 0.2) is 53.3 Å². The molecule has 2 heterocycles. The van der Waals surface area contributed by atoms with Gasteiger partial charge in [-0.2, -0.15) is 0 Å². The SMILES string of the molecule is O=c1ccc2ccccc2n1Cc1nc(Cl)ccc1Cl. The Hall–Kier alpha value is -1.84. The molecule has 3 rings (SSSR count). The molecule has 0 N–H and O–H groups in total. The van der Waals surface area contributed by atoms with E-state index >= 15 is 0 Å². The first-order valence-corrected chi connectivity index (χ1v) is 6.80. The number of benzene rings is 1. The van der Waals surface area contributed by atoms with Crippen LogP contribution in [0.4, 0.5) is 0 Å². The van der Waals surface area contributed by atoms with Gasteiger partial charge in [-0.1, -0.05) is 41.4 Å². The van der Waals surface area contributed by atoms with Gasteiger partial charge in [0.2, 0.25) is 0 Å². The zero-order chi connectivity index (χ0) is 14.1. The molecule has 0 aliphatic rings. The number of para-hydroxylation sites is 1. The molecule has 5 heteroatoms. The van der Waals surface area contributed by atoms with Crippen molar-refractivity contribution in [3.63, 3.8) is 0 Å². The molecular weight excluding hydrogens is 295 g/mol. The Kier molecular flexibility index (Phi) is 3.47. The molecule has 0 saturated carbocycles. The largest absolute Gasteiger partial charge is 0.302 e. The van der Waals surface area contributed by atoms with Gasteiger partial charge in [0.05, 0.1) is 22.8 Å². The monoisotopic (exact) mass is 304 g/mol. The Morgan fingerprint density at radius 1 is 1.00 bits per heavy atom. The number of pyridine rings is 2. The van der Waals surface area contributed by atoms with E-state index in [0.717, 1.165) is 10.9 Å². The van der Waals surface area contributed by atoms with E-state index in [1.165, 1.54) is 0 Å². The molecule has 0 spiro atoms. The van der Waals surface area contributed by atoms with Crippen molar-refractivity contribution in [3.05, 3.63) is 74.8 Å². The van der Waals surface area contributed by atoms with Gasteiger partial charge in [0.25, 0.3) is 5.56 Å². The lowest BCUT2D eigenvalue weighted by Crippen LogP contribution is -2.20. The standard InChI is InChI=1S/C15H10Cl2N2O/c16-11-6-7-14(17)18-12(11)9-19-13-4-2-1-3-10(13)5-8-15(19)20/h1-8H,9H2. The fourth-order valence-corrected chi connectivity index (χ4v) is 2.46. The van der Waals surface area contributed by atoms with Crippen molar-refractivity contribution in [2.45, 2.75) is 6.54 Å². The molecule has 0 atom stereocenters. The fraction of sp³-hybridized carbons (Fsp3) is 0.0667. The van der Waals surface area contributed by atoms with Crippen molar-refractivity contribution < 1.29 is 0 Å². The van der Waals surface area contributed by atoms with Crippen molar-refractivity contribution in [1.82, 2.24) is 9.55 Å². The second-order valence-electron chi connectivity index (χ2n) is 4.38. The van der Waals surface area contributed by atoms with Crippen LogP contribution in [0.5, 0.6) is 0 Å². The van der Waals surface area contributed by atoms with Crippen LogP contribution in [0.3, 0.4) is 0 Å². The van der Waals surface area contributed by atoms with Crippen LogP contribution >= 0.6 is 23.2 Å². The summed E-state index contributed by atoms with van der Waals surface area (Å²) in [4.78, 5) is 16.3. The third-order valence-corrected chi connectivity index (χ3v) is 3.65. The van der Waals surface area contributed by atoms with Crippen LogP contribution in [-0.4, -0.2) is 9.55 Å². The summed E-state index contributed by atoms with van der Waals surface area (Å²) in [5.74, 6) is 0. The van der Waals surface area contributed by atoms with E-state index in [9.17, 15) is 4.79 Å². The molecule has 0 aliphatic carbocycles. The number of aromatic nitrogens is 2. The zero-order valence-corrected chi connectivity index (χ0v) is 11.9. The molecular formula is C15H10Cl2N2O. The molecule has 0 radical (unpaired) electrons. The molecule has 20 heavy (non-hydrogen) atoms. The normalized spacial score (nSPS) is 10.9. The van der Waals surface area contributed by atoms with Gasteiger partial charge in [-0.05, 0) is 29.7 Å². The Labute approximate surface area is 125 Å². The maximum atomic E-state index is 12.1. The first-order chi connectivity index (χ1) is 9.65. The zero-order valence-electron chi connectivity index (χ0n) is 10.4. The Balaban J connectivity index is 2.17. The van der Waals surface area contributed by atoms with E-state index < -0.39 is 0 Å². The van der Waals surface area contributed by atoms with Gasteiger partial charge >= 0.3 is 0 Å². The fourth-order valence-electron chi connectivity index (χ4n) is 2.13. The van der Waals surface area contributed by atoms with E-state index in [4.69, 9.17) is 23.2 Å². The molecule has 0 unspecified atom stereocenters. The molecule has 2 aromatic heterocycles. The van der Waals surface area contributed by atoms with Gasteiger partial charge in [-0.3, -0.25) is 4.79 Å². The first-order valence-electron chi connectivity index (χ1n) is 6.05. The summed E-state index contributed by atoms with van der Waals surface area (Å²) >= 11 is 12.0. The number of hydrogen-bond acceptors (Lipinski definition) is 2. The van der Waals surface area contributed by atoms with E-state index in [2.05, 4.69) is 4.98 Å². The molecule has 0 amide bonds. The van der Waals surface area contributed by atoms with Crippen molar-refractivity contribution >= 4 is 34.1 Å². The molecule has 0 saturated heterocycles. The highest BCUT2D eigenvalue weighted by molar-refractivity contribution is 6.32. The van der Waals surface area contributed by atoms with Crippen LogP contribution in [-0.2, 0) is 6.54 Å². The molecule has 1 aromatic carbocycles. The summed E-state index contributed by atoms with van der Waals surface area (Å²) in [6, 6.07) is 14.3. The molecule has 100 valence electrons. The summed E-state index contributed by atoms with van der Waals surface area (Å²) in [5.41, 5.74) is 1.33. The highest BCUT2D eigenvalue weighted by atomic mass is 35.5. The third-order valence-electron chi connectivity index (χ3n) is 3.09. The Bertz CT molecular complexity index is 843. The van der Waals surface area contributed by atoms with Crippen LogP contribution in [0.25, 0.3) is 10.9 Å². The minimum atomic E-state index is -0.0958. The minimum absolute atomic E-state index is 0.0958. The number of halogens is 2. The quantitative estimate of drug-likeness (QED) is 0.676. The Morgan fingerprint density at radius 2 is 1.80 bits per heavy atom.